The fourth-order valence-corrected chi connectivity index (χ4v) is 1.95. The van der Waals surface area contributed by atoms with Crippen LogP contribution in [0, 0.1) is 5.92 Å². The lowest BCUT2D eigenvalue weighted by atomic mass is 9.97. The van der Waals surface area contributed by atoms with Gasteiger partial charge in [-0.15, -0.1) is 0 Å². The summed E-state index contributed by atoms with van der Waals surface area (Å²) in [5.74, 6) is -0.191. The molecule has 0 aromatic heterocycles. The molecule has 3 nitrogen and oxygen atoms in total. The van der Waals surface area contributed by atoms with Gasteiger partial charge in [0.15, 0.2) is 0 Å². The minimum atomic E-state index is -0.434. The van der Waals surface area contributed by atoms with E-state index in [1.807, 2.05) is 26.8 Å². The zero-order valence-corrected chi connectivity index (χ0v) is 11.4. The number of hydrogen-bond donors (Lipinski definition) is 1. The summed E-state index contributed by atoms with van der Waals surface area (Å²) in [5, 5.41) is 9.76. The lowest BCUT2D eigenvalue weighted by molar-refractivity contribution is -0.135. The van der Waals surface area contributed by atoms with E-state index >= 15 is 0 Å². The summed E-state index contributed by atoms with van der Waals surface area (Å²) in [6, 6.07) is 0. The quantitative estimate of drug-likeness (QED) is 0.463. The monoisotopic (exact) mass is 250 g/mol. The molecule has 1 heterocycles. The van der Waals surface area contributed by atoms with E-state index in [0.717, 1.165) is 17.6 Å². The van der Waals surface area contributed by atoms with Crippen LogP contribution in [0.2, 0.25) is 0 Å². The average Bonchev–Trinajstić information content (AvgIpc) is 2.56. The number of hydrogen-bond acceptors (Lipinski definition) is 3. The van der Waals surface area contributed by atoms with Crippen molar-refractivity contribution < 1.29 is 14.6 Å². The number of carbonyl (C=O) groups excluding carboxylic acids is 1. The van der Waals surface area contributed by atoms with Crippen LogP contribution in [-0.4, -0.2) is 23.8 Å². The molecule has 3 heteroatoms. The van der Waals surface area contributed by atoms with Crippen molar-refractivity contribution in [3.63, 3.8) is 0 Å². The Balaban J connectivity index is 2.45. The van der Waals surface area contributed by atoms with E-state index in [1.165, 1.54) is 0 Å². The summed E-state index contributed by atoms with van der Waals surface area (Å²) in [4.78, 5) is 11.1. The van der Waals surface area contributed by atoms with Crippen LogP contribution < -0.4 is 0 Å². The van der Waals surface area contributed by atoms with Crippen LogP contribution in [0.4, 0.5) is 0 Å². The number of cyclic esters (lactones) is 1. The van der Waals surface area contributed by atoms with Gasteiger partial charge in [0.1, 0.15) is 0 Å². The molecule has 2 atom stereocenters. The van der Waals surface area contributed by atoms with Gasteiger partial charge in [-0.25, -0.2) is 4.79 Å². The van der Waals surface area contributed by atoms with E-state index in [-0.39, 0.29) is 11.9 Å². The minimum absolute atomic E-state index is 0.0908. The van der Waals surface area contributed by atoms with Crippen molar-refractivity contribution in [1.29, 1.82) is 0 Å². The number of carbonyl (C=O) groups is 1. The van der Waals surface area contributed by atoms with Crippen molar-refractivity contribution in [1.82, 2.24) is 0 Å². The van der Waals surface area contributed by atoms with Crippen LogP contribution in [0.3, 0.4) is 0 Å². The zero-order valence-electron chi connectivity index (χ0n) is 11.4. The highest BCUT2D eigenvalue weighted by Gasteiger charge is 2.27. The SMILES string of the molecule is C=C1C(=O)OC[C@@H]1C/C=C(\C)C[C@@H](O)C=C(C)C. The lowest BCUT2D eigenvalue weighted by Gasteiger charge is -2.08. The van der Waals surface area contributed by atoms with Crippen molar-refractivity contribution in [2.45, 2.75) is 39.7 Å². The molecule has 0 unspecified atom stereocenters. The summed E-state index contributed by atoms with van der Waals surface area (Å²) >= 11 is 0. The number of allylic oxidation sites excluding steroid dienone is 2. The van der Waals surface area contributed by atoms with Gasteiger partial charge >= 0.3 is 5.97 Å². The molecule has 100 valence electrons. The number of aliphatic hydroxyl groups is 1. The number of esters is 1. The molecule has 0 bridgehead atoms. The molecule has 1 rings (SSSR count). The van der Waals surface area contributed by atoms with Crippen LogP contribution in [-0.2, 0) is 9.53 Å². The van der Waals surface area contributed by atoms with E-state index in [9.17, 15) is 9.90 Å². The molecule has 1 aliphatic rings. The summed E-state index contributed by atoms with van der Waals surface area (Å²) < 4.78 is 4.92. The molecule has 18 heavy (non-hydrogen) atoms. The zero-order chi connectivity index (χ0) is 13.7. The van der Waals surface area contributed by atoms with Gasteiger partial charge in [0.05, 0.1) is 12.7 Å². The molecule has 0 radical (unpaired) electrons. The summed E-state index contributed by atoms with van der Waals surface area (Å²) in [7, 11) is 0. The fraction of sp³-hybridized carbons (Fsp3) is 0.533. The standard InChI is InChI=1S/C15H22O3/c1-10(2)7-14(16)8-11(3)5-6-13-9-18-15(17)12(13)4/h5,7,13-14,16H,4,6,8-9H2,1-3H3/b11-5+/t13-,14-/m0/s1. The van der Waals surface area contributed by atoms with E-state index in [1.54, 1.807) is 0 Å². The van der Waals surface area contributed by atoms with Gasteiger partial charge in [0.25, 0.3) is 0 Å². The highest BCUT2D eigenvalue weighted by atomic mass is 16.5. The highest BCUT2D eigenvalue weighted by molar-refractivity contribution is 5.90. The maximum atomic E-state index is 11.1. The first-order chi connectivity index (χ1) is 8.40. The van der Waals surface area contributed by atoms with Gasteiger partial charge in [-0.2, -0.15) is 0 Å². The Labute approximate surface area is 109 Å². The molecular formula is C15H22O3. The van der Waals surface area contributed by atoms with Gasteiger partial charge in [-0.1, -0.05) is 29.9 Å². The van der Waals surface area contributed by atoms with Crippen LogP contribution in [0.1, 0.15) is 33.6 Å². The third-order valence-electron chi connectivity index (χ3n) is 2.98. The molecule has 1 N–H and O–H groups in total. The van der Waals surface area contributed by atoms with Crippen LogP contribution in [0.15, 0.2) is 35.5 Å². The van der Waals surface area contributed by atoms with E-state index in [0.29, 0.717) is 18.6 Å². The van der Waals surface area contributed by atoms with Crippen LogP contribution in [0.5, 0.6) is 0 Å². The minimum Gasteiger partial charge on any atom is -0.462 e. The first kappa shape index (κ1) is 14.7. The number of ether oxygens (including phenoxy) is 1. The molecule has 0 aromatic rings. The smallest absolute Gasteiger partial charge is 0.333 e. The van der Waals surface area contributed by atoms with Crippen molar-refractivity contribution in [2.24, 2.45) is 5.92 Å². The van der Waals surface area contributed by atoms with Gasteiger partial charge < -0.3 is 9.84 Å². The average molecular weight is 250 g/mol. The molecule has 0 saturated carbocycles. The Morgan fingerprint density at radius 3 is 2.72 bits per heavy atom. The van der Waals surface area contributed by atoms with E-state index in [2.05, 4.69) is 12.7 Å². The maximum absolute atomic E-state index is 11.1. The molecule has 0 spiro atoms. The molecule has 1 aliphatic heterocycles. The lowest BCUT2D eigenvalue weighted by Crippen LogP contribution is -2.05. The topological polar surface area (TPSA) is 46.5 Å². The first-order valence-electron chi connectivity index (χ1n) is 6.24. The Kier molecular flexibility index (Phi) is 5.35. The number of aliphatic hydroxyl groups excluding tert-OH is 1. The largest absolute Gasteiger partial charge is 0.462 e. The highest BCUT2D eigenvalue weighted by Crippen LogP contribution is 2.24. The van der Waals surface area contributed by atoms with Crippen molar-refractivity contribution >= 4 is 5.97 Å². The van der Waals surface area contributed by atoms with E-state index < -0.39 is 6.10 Å². The Morgan fingerprint density at radius 1 is 1.56 bits per heavy atom. The van der Waals surface area contributed by atoms with Gasteiger partial charge in [0, 0.05) is 11.5 Å². The normalized spacial score (nSPS) is 21.8. The third-order valence-corrected chi connectivity index (χ3v) is 2.98. The van der Waals surface area contributed by atoms with Crippen molar-refractivity contribution in [2.75, 3.05) is 6.61 Å². The predicted octanol–water partition coefficient (Wildman–Crippen LogP) is 2.77. The van der Waals surface area contributed by atoms with Crippen molar-refractivity contribution in [3.05, 3.63) is 35.5 Å². The predicted molar refractivity (Wildman–Crippen MR) is 72.0 cm³/mol. The second-order valence-corrected chi connectivity index (χ2v) is 5.12. The molecule has 0 aliphatic carbocycles. The molecule has 1 saturated heterocycles. The maximum Gasteiger partial charge on any atom is 0.333 e. The molecule has 1 fully saturated rings. The van der Waals surface area contributed by atoms with Gasteiger partial charge in [0.2, 0.25) is 0 Å². The molecule has 0 amide bonds. The number of rotatable bonds is 5. The molecule has 0 aromatic carbocycles. The Bertz CT molecular complexity index is 387. The Morgan fingerprint density at radius 2 is 2.22 bits per heavy atom. The van der Waals surface area contributed by atoms with Crippen molar-refractivity contribution in [3.8, 4) is 0 Å². The summed E-state index contributed by atoms with van der Waals surface area (Å²) in [6.07, 6.45) is 4.84. The third kappa shape index (κ3) is 4.49. The second-order valence-electron chi connectivity index (χ2n) is 5.12. The van der Waals surface area contributed by atoms with Gasteiger partial charge in [-0.05, 0) is 33.6 Å². The fourth-order valence-electron chi connectivity index (χ4n) is 1.95. The second kappa shape index (κ2) is 6.55. The Hall–Kier alpha value is -1.35. The summed E-state index contributed by atoms with van der Waals surface area (Å²) in [5.41, 5.74) is 2.79. The molecular weight excluding hydrogens is 228 g/mol. The summed E-state index contributed by atoms with van der Waals surface area (Å²) in [6.45, 7) is 10.1. The van der Waals surface area contributed by atoms with E-state index in [4.69, 9.17) is 4.74 Å². The van der Waals surface area contributed by atoms with Crippen LogP contribution in [0.25, 0.3) is 0 Å². The first-order valence-corrected chi connectivity index (χ1v) is 6.24. The van der Waals surface area contributed by atoms with Crippen LogP contribution >= 0.6 is 0 Å². The van der Waals surface area contributed by atoms with Gasteiger partial charge in [-0.3, -0.25) is 0 Å².